The minimum atomic E-state index is -0.938. The van der Waals surface area contributed by atoms with Gasteiger partial charge in [-0.3, -0.25) is 25.2 Å². The van der Waals surface area contributed by atoms with Gasteiger partial charge in [-0.25, -0.2) is 0 Å². The zero-order chi connectivity index (χ0) is 19.2. The van der Waals surface area contributed by atoms with Crippen molar-refractivity contribution in [2.45, 2.75) is 40.5 Å². The molecule has 0 unspecified atom stereocenters. The van der Waals surface area contributed by atoms with Crippen molar-refractivity contribution in [3.05, 3.63) is 32.5 Å². The Bertz CT molecular complexity index is 806. The molecule has 2 amide bonds. The Kier molecular flexibility index (Phi) is 4.92. The van der Waals surface area contributed by atoms with Gasteiger partial charge in [0.1, 0.15) is 0 Å². The van der Waals surface area contributed by atoms with Crippen LogP contribution in [0.2, 0.25) is 0 Å². The number of aryl methyl sites for hydroxylation is 1. The first-order chi connectivity index (χ1) is 12.2. The van der Waals surface area contributed by atoms with Crippen LogP contribution in [0.3, 0.4) is 0 Å². The van der Waals surface area contributed by atoms with Gasteiger partial charge in [-0.05, 0) is 57.9 Å². The van der Waals surface area contributed by atoms with Crippen LogP contribution in [0.1, 0.15) is 47.5 Å². The third kappa shape index (κ3) is 2.94. The van der Waals surface area contributed by atoms with Crippen molar-refractivity contribution >= 4 is 29.1 Å². The summed E-state index contributed by atoms with van der Waals surface area (Å²) in [5.41, 5.74) is 8.56. The van der Waals surface area contributed by atoms with Gasteiger partial charge < -0.3 is 5.11 Å². The average molecular weight is 376 g/mol. The van der Waals surface area contributed by atoms with Crippen LogP contribution in [-0.4, -0.2) is 22.9 Å². The van der Waals surface area contributed by atoms with Gasteiger partial charge in [-0.15, -0.1) is 11.3 Å². The molecule has 0 aromatic carbocycles. The first-order valence-electron chi connectivity index (χ1n) is 8.79. The van der Waals surface area contributed by atoms with Crippen molar-refractivity contribution in [2.24, 2.45) is 23.7 Å². The van der Waals surface area contributed by atoms with Crippen LogP contribution in [0.25, 0.3) is 0 Å². The number of hydrazine groups is 1. The largest absolute Gasteiger partial charge is 0.481 e. The monoisotopic (exact) mass is 376 g/mol. The van der Waals surface area contributed by atoms with E-state index in [0.717, 1.165) is 34.4 Å². The molecule has 2 fully saturated rings. The average Bonchev–Trinajstić information content (AvgIpc) is 3.24. The van der Waals surface area contributed by atoms with Crippen molar-refractivity contribution in [3.8, 4) is 0 Å². The molecule has 2 aliphatic carbocycles. The number of carboxylic acids is 1. The summed E-state index contributed by atoms with van der Waals surface area (Å²) in [4.78, 5) is 37.9. The van der Waals surface area contributed by atoms with Gasteiger partial charge in [0.15, 0.2) is 0 Å². The first-order valence-corrected chi connectivity index (χ1v) is 9.67. The van der Waals surface area contributed by atoms with Crippen LogP contribution in [-0.2, 0) is 9.59 Å². The van der Waals surface area contributed by atoms with Gasteiger partial charge in [-0.1, -0.05) is 11.1 Å². The van der Waals surface area contributed by atoms with E-state index in [2.05, 4.69) is 10.9 Å². The number of carboxylic acid groups (broad SMARTS) is 1. The Morgan fingerprint density at radius 3 is 2.19 bits per heavy atom. The zero-order valence-corrected chi connectivity index (χ0v) is 16.2. The normalized spacial score (nSPS) is 26.7. The molecule has 0 radical (unpaired) electrons. The molecule has 6 nitrogen and oxygen atoms in total. The Hall–Kier alpha value is -2.15. The van der Waals surface area contributed by atoms with E-state index in [-0.39, 0.29) is 17.7 Å². The molecular weight excluding hydrogens is 352 g/mol. The van der Waals surface area contributed by atoms with E-state index in [1.807, 2.05) is 27.7 Å². The second-order valence-corrected chi connectivity index (χ2v) is 8.49. The quantitative estimate of drug-likeness (QED) is 0.558. The van der Waals surface area contributed by atoms with Gasteiger partial charge in [0, 0.05) is 10.3 Å². The number of hydrogen-bond donors (Lipinski definition) is 3. The van der Waals surface area contributed by atoms with Crippen LogP contribution in [0.15, 0.2) is 16.5 Å². The number of allylic oxidation sites excluding steroid dienone is 2. The summed E-state index contributed by atoms with van der Waals surface area (Å²) in [6.07, 6.45) is 1.63. The number of hydrogen-bond acceptors (Lipinski definition) is 4. The van der Waals surface area contributed by atoms with E-state index in [0.29, 0.717) is 5.56 Å². The molecule has 140 valence electrons. The van der Waals surface area contributed by atoms with Gasteiger partial charge in [0.2, 0.25) is 5.91 Å². The number of carbonyl (C=O) groups is 3. The number of nitrogens with one attached hydrogen (secondary N) is 2. The highest BCUT2D eigenvalue weighted by atomic mass is 32.1. The van der Waals surface area contributed by atoms with Crippen LogP contribution >= 0.6 is 11.3 Å². The van der Waals surface area contributed by atoms with Crippen LogP contribution in [0.4, 0.5) is 0 Å². The molecular formula is C19H24N2O4S. The molecule has 0 spiro atoms. The molecule has 1 heterocycles. The smallest absolute Gasteiger partial charge is 0.307 e. The summed E-state index contributed by atoms with van der Waals surface area (Å²) in [6.45, 7) is 7.75. The third-order valence-corrected chi connectivity index (χ3v) is 6.85. The molecule has 2 bridgehead atoms. The minimum absolute atomic E-state index is 0.0480. The Labute approximate surface area is 156 Å². The molecule has 2 saturated carbocycles. The summed E-state index contributed by atoms with van der Waals surface area (Å²) in [6, 6.07) is 0. The van der Waals surface area contributed by atoms with E-state index < -0.39 is 23.7 Å². The molecule has 4 atom stereocenters. The lowest BCUT2D eigenvalue weighted by Crippen LogP contribution is -2.48. The Balaban J connectivity index is 1.75. The highest BCUT2D eigenvalue weighted by Crippen LogP contribution is 2.57. The van der Waals surface area contributed by atoms with Crippen LogP contribution in [0, 0.1) is 37.5 Å². The van der Waals surface area contributed by atoms with Crippen molar-refractivity contribution < 1.29 is 19.5 Å². The van der Waals surface area contributed by atoms with E-state index in [9.17, 15) is 19.5 Å². The summed E-state index contributed by atoms with van der Waals surface area (Å²) in [5.74, 6) is -3.21. The Morgan fingerprint density at radius 2 is 1.69 bits per heavy atom. The number of amides is 2. The fraction of sp³-hybridized carbons (Fsp3) is 0.526. The van der Waals surface area contributed by atoms with Gasteiger partial charge in [0.05, 0.1) is 17.4 Å². The molecule has 0 saturated heterocycles. The fourth-order valence-electron chi connectivity index (χ4n) is 4.61. The standard InChI is InChI=1S/C19H24N2O4S/c1-8(2)14-11-5-6-12(14)16(19(24)25)15(11)18(23)21-20-17(22)13-7-26-10(4)9(13)3/h7,11-12,15-16H,5-6H2,1-4H3,(H,20,22)(H,21,23)(H,24,25)/t11-,12-,15+,16-/m1/s1. The van der Waals surface area contributed by atoms with Crippen LogP contribution in [0.5, 0.6) is 0 Å². The fourth-order valence-corrected chi connectivity index (χ4v) is 5.48. The van der Waals surface area contributed by atoms with Crippen molar-refractivity contribution in [2.75, 3.05) is 0 Å². The molecule has 1 aromatic rings. The topological polar surface area (TPSA) is 95.5 Å². The minimum Gasteiger partial charge on any atom is -0.481 e. The van der Waals surface area contributed by atoms with Gasteiger partial charge in [-0.2, -0.15) is 0 Å². The highest BCUT2D eigenvalue weighted by Gasteiger charge is 2.57. The van der Waals surface area contributed by atoms with E-state index in [4.69, 9.17) is 0 Å². The first kappa shape index (κ1) is 18.6. The van der Waals surface area contributed by atoms with Gasteiger partial charge in [0.25, 0.3) is 5.91 Å². The number of carbonyl (C=O) groups excluding carboxylic acids is 2. The molecule has 7 heteroatoms. The maximum Gasteiger partial charge on any atom is 0.307 e. The van der Waals surface area contributed by atoms with Crippen LogP contribution < -0.4 is 10.9 Å². The second-order valence-electron chi connectivity index (χ2n) is 7.41. The third-order valence-electron chi connectivity index (χ3n) is 5.84. The summed E-state index contributed by atoms with van der Waals surface area (Å²) in [5, 5.41) is 11.4. The molecule has 3 N–H and O–H groups in total. The zero-order valence-electron chi connectivity index (χ0n) is 15.4. The number of aliphatic carboxylic acids is 1. The molecule has 26 heavy (non-hydrogen) atoms. The summed E-state index contributed by atoms with van der Waals surface area (Å²) >= 11 is 1.48. The number of thiophene rings is 1. The van der Waals surface area contributed by atoms with Crippen molar-refractivity contribution in [1.29, 1.82) is 0 Å². The second kappa shape index (κ2) is 6.87. The van der Waals surface area contributed by atoms with Crippen molar-refractivity contribution in [3.63, 3.8) is 0 Å². The van der Waals surface area contributed by atoms with E-state index >= 15 is 0 Å². The lowest BCUT2D eigenvalue weighted by molar-refractivity contribution is -0.149. The number of fused-ring (bicyclic) bond motifs is 2. The number of rotatable bonds is 3. The maximum atomic E-state index is 12.7. The Morgan fingerprint density at radius 1 is 1.08 bits per heavy atom. The lowest BCUT2D eigenvalue weighted by atomic mass is 9.79. The van der Waals surface area contributed by atoms with Crippen molar-refractivity contribution in [1.82, 2.24) is 10.9 Å². The van der Waals surface area contributed by atoms with E-state index in [1.165, 1.54) is 11.3 Å². The predicted molar refractivity (Wildman–Crippen MR) is 98.6 cm³/mol. The summed E-state index contributed by atoms with van der Waals surface area (Å²) in [7, 11) is 0. The molecule has 3 rings (SSSR count). The molecule has 0 aliphatic heterocycles. The van der Waals surface area contributed by atoms with E-state index in [1.54, 1.807) is 5.38 Å². The molecule has 2 aliphatic rings. The lowest BCUT2D eigenvalue weighted by Gasteiger charge is -2.26. The predicted octanol–water partition coefficient (Wildman–Crippen LogP) is 2.82. The van der Waals surface area contributed by atoms with Gasteiger partial charge >= 0.3 is 5.97 Å². The summed E-state index contributed by atoms with van der Waals surface area (Å²) < 4.78 is 0. The molecule has 1 aromatic heterocycles. The highest BCUT2D eigenvalue weighted by molar-refractivity contribution is 7.10. The maximum absolute atomic E-state index is 12.7. The SMILES string of the molecule is CC(C)=C1[C@H]2CC[C@H]1[C@@H](C(=O)O)[C@H]2C(=O)NNC(=O)c1csc(C)c1C.